The highest BCUT2D eigenvalue weighted by atomic mass is 16.1. The predicted octanol–water partition coefficient (Wildman–Crippen LogP) is 2.85. The summed E-state index contributed by atoms with van der Waals surface area (Å²) in [6.45, 7) is 3.99. The van der Waals surface area contributed by atoms with E-state index in [2.05, 4.69) is 5.32 Å². The lowest BCUT2D eigenvalue weighted by molar-refractivity contribution is 0.100. The summed E-state index contributed by atoms with van der Waals surface area (Å²) < 4.78 is 0. The highest BCUT2D eigenvalue weighted by molar-refractivity contribution is 5.98. The number of amides is 1. The molecule has 0 aliphatic rings. The first-order chi connectivity index (χ1) is 9.47. The lowest BCUT2D eigenvalue weighted by Crippen LogP contribution is -2.16. The number of aryl methyl sites for hydroxylation is 1. The van der Waals surface area contributed by atoms with E-state index in [-0.39, 0.29) is 6.04 Å². The van der Waals surface area contributed by atoms with E-state index in [0.29, 0.717) is 5.56 Å². The molecule has 0 radical (unpaired) electrons. The van der Waals surface area contributed by atoms with Gasteiger partial charge in [-0.25, -0.2) is 0 Å². The molecule has 0 saturated heterocycles. The van der Waals surface area contributed by atoms with Crippen LogP contribution < -0.4 is 16.8 Å². The third kappa shape index (κ3) is 3.09. The molecular weight excluding hydrogens is 250 g/mol. The zero-order chi connectivity index (χ0) is 14.7. The summed E-state index contributed by atoms with van der Waals surface area (Å²) in [5.74, 6) is -0.438. The van der Waals surface area contributed by atoms with E-state index in [9.17, 15) is 4.79 Å². The normalized spacial score (nSPS) is 11.9. The van der Waals surface area contributed by atoms with Crippen molar-refractivity contribution in [2.75, 3.05) is 11.1 Å². The summed E-state index contributed by atoms with van der Waals surface area (Å²) >= 11 is 0. The number of carbonyl (C=O) groups is 1. The van der Waals surface area contributed by atoms with Crippen LogP contribution in [0.5, 0.6) is 0 Å². The second-order valence-electron chi connectivity index (χ2n) is 4.95. The number of primary amides is 1. The molecule has 0 aromatic heterocycles. The van der Waals surface area contributed by atoms with Gasteiger partial charge >= 0.3 is 0 Å². The zero-order valence-electron chi connectivity index (χ0n) is 11.7. The third-order valence-electron chi connectivity index (χ3n) is 3.22. The van der Waals surface area contributed by atoms with Crippen molar-refractivity contribution in [1.29, 1.82) is 0 Å². The predicted molar refractivity (Wildman–Crippen MR) is 82.6 cm³/mol. The summed E-state index contributed by atoms with van der Waals surface area (Å²) in [6.07, 6.45) is 0. The van der Waals surface area contributed by atoms with Gasteiger partial charge in [-0.1, -0.05) is 18.2 Å². The summed E-state index contributed by atoms with van der Waals surface area (Å²) in [7, 11) is 0. The molecule has 1 amide bonds. The average molecular weight is 269 g/mol. The minimum atomic E-state index is -0.438. The van der Waals surface area contributed by atoms with Gasteiger partial charge in [0.25, 0.3) is 5.91 Å². The number of hydrogen-bond acceptors (Lipinski definition) is 3. The smallest absolute Gasteiger partial charge is 0.250 e. The summed E-state index contributed by atoms with van der Waals surface area (Å²) in [4.78, 5) is 11.5. The fourth-order valence-corrected chi connectivity index (χ4v) is 2.14. The van der Waals surface area contributed by atoms with Gasteiger partial charge in [0.1, 0.15) is 0 Å². The molecule has 1 atom stereocenters. The van der Waals surface area contributed by atoms with Crippen LogP contribution in [0.15, 0.2) is 42.5 Å². The molecule has 104 valence electrons. The van der Waals surface area contributed by atoms with E-state index in [1.54, 1.807) is 6.07 Å². The van der Waals surface area contributed by atoms with E-state index in [4.69, 9.17) is 11.5 Å². The van der Waals surface area contributed by atoms with Crippen LogP contribution in [-0.2, 0) is 0 Å². The largest absolute Gasteiger partial charge is 0.399 e. The van der Waals surface area contributed by atoms with Crippen molar-refractivity contribution in [2.45, 2.75) is 19.9 Å². The lowest BCUT2D eigenvalue weighted by atomic mass is 10.0. The maximum Gasteiger partial charge on any atom is 0.250 e. The molecule has 4 nitrogen and oxygen atoms in total. The maximum absolute atomic E-state index is 11.5. The van der Waals surface area contributed by atoms with Crippen molar-refractivity contribution in [2.24, 2.45) is 5.73 Å². The average Bonchev–Trinajstić information content (AvgIpc) is 2.38. The van der Waals surface area contributed by atoms with Gasteiger partial charge < -0.3 is 16.8 Å². The molecule has 0 heterocycles. The Morgan fingerprint density at radius 3 is 2.60 bits per heavy atom. The van der Waals surface area contributed by atoms with Crippen LogP contribution in [0.3, 0.4) is 0 Å². The Hall–Kier alpha value is -2.49. The molecule has 1 unspecified atom stereocenters. The third-order valence-corrected chi connectivity index (χ3v) is 3.22. The number of benzene rings is 2. The Morgan fingerprint density at radius 1 is 1.20 bits per heavy atom. The summed E-state index contributed by atoms with van der Waals surface area (Å²) in [5.41, 5.74) is 15.3. The van der Waals surface area contributed by atoms with Crippen LogP contribution in [0.4, 0.5) is 11.4 Å². The number of rotatable bonds is 4. The first kappa shape index (κ1) is 13.9. The Morgan fingerprint density at radius 2 is 1.95 bits per heavy atom. The highest BCUT2D eigenvalue weighted by Gasteiger charge is 2.12. The van der Waals surface area contributed by atoms with E-state index in [1.165, 1.54) is 0 Å². The van der Waals surface area contributed by atoms with Crippen LogP contribution in [0, 0.1) is 6.92 Å². The van der Waals surface area contributed by atoms with Crippen LogP contribution >= 0.6 is 0 Å². The van der Waals surface area contributed by atoms with Crippen molar-refractivity contribution >= 4 is 17.3 Å². The number of nitrogen functional groups attached to an aromatic ring is 1. The van der Waals surface area contributed by atoms with Crippen molar-refractivity contribution in [3.8, 4) is 0 Å². The molecule has 0 saturated carbocycles. The molecule has 5 N–H and O–H groups in total. The van der Waals surface area contributed by atoms with Gasteiger partial charge in [0.15, 0.2) is 0 Å². The molecule has 20 heavy (non-hydrogen) atoms. The zero-order valence-corrected chi connectivity index (χ0v) is 11.7. The number of nitrogens with two attached hydrogens (primary N) is 2. The van der Waals surface area contributed by atoms with Gasteiger partial charge in [-0.15, -0.1) is 0 Å². The monoisotopic (exact) mass is 269 g/mol. The van der Waals surface area contributed by atoms with Gasteiger partial charge in [0, 0.05) is 17.4 Å². The molecular formula is C16H19N3O. The van der Waals surface area contributed by atoms with E-state index in [0.717, 1.165) is 22.5 Å². The van der Waals surface area contributed by atoms with Crippen LogP contribution in [0.25, 0.3) is 0 Å². The molecule has 0 aliphatic heterocycles. The molecule has 4 heteroatoms. The van der Waals surface area contributed by atoms with Crippen LogP contribution in [0.2, 0.25) is 0 Å². The quantitative estimate of drug-likeness (QED) is 0.746. The molecule has 0 spiro atoms. The first-order valence-corrected chi connectivity index (χ1v) is 6.50. The molecule has 2 aromatic carbocycles. The minimum Gasteiger partial charge on any atom is -0.399 e. The Kier molecular flexibility index (Phi) is 3.94. The topological polar surface area (TPSA) is 81.1 Å². The second-order valence-corrected chi connectivity index (χ2v) is 4.95. The van der Waals surface area contributed by atoms with Gasteiger partial charge in [0.2, 0.25) is 0 Å². The SMILES string of the molecule is Cc1ccc(C(N)=O)c(NC(C)c2cccc(N)c2)c1. The Labute approximate surface area is 118 Å². The fourth-order valence-electron chi connectivity index (χ4n) is 2.14. The van der Waals surface area contributed by atoms with Gasteiger partial charge in [0.05, 0.1) is 5.56 Å². The molecule has 0 bridgehead atoms. The van der Waals surface area contributed by atoms with E-state index >= 15 is 0 Å². The fraction of sp³-hybridized carbons (Fsp3) is 0.188. The number of nitrogens with one attached hydrogen (secondary N) is 1. The van der Waals surface area contributed by atoms with E-state index in [1.807, 2.05) is 50.2 Å². The first-order valence-electron chi connectivity index (χ1n) is 6.50. The van der Waals surface area contributed by atoms with Crippen molar-refractivity contribution < 1.29 is 4.79 Å². The molecule has 0 aliphatic carbocycles. The Balaban J connectivity index is 2.29. The second kappa shape index (κ2) is 5.65. The standard InChI is InChI=1S/C16H19N3O/c1-10-6-7-14(16(18)20)15(8-10)19-11(2)12-4-3-5-13(17)9-12/h3-9,11,19H,17H2,1-2H3,(H2,18,20). The molecule has 0 fully saturated rings. The number of anilines is 2. The van der Waals surface area contributed by atoms with Crippen LogP contribution in [-0.4, -0.2) is 5.91 Å². The maximum atomic E-state index is 11.5. The van der Waals surface area contributed by atoms with Crippen molar-refractivity contribution in [3.63, 3.8) is 0 Å². The minimum absolute atomic E-state index is 0.0263. The lowest BCUT2D eigenvalue weighted by Gasteiger charge is -2.18. The number of hydrogen-bond donors (Lipinski definition) is 3. The van der Waals surface area contributed by atoms with Gasteiger partial charge in [-0.2, -0.15) is 0 Å². The van der Waals surface area contributed by atoms with Crippen molar-refractivity contribution in [3.05, 3.63) is 59.2 Å². The molecule has 2 aromatic rings. The van der Waals surface area contributed by atoms with Crippen LogP contribution in [0.1, 0.15) is 34.5 Å². The van der Waals surface area contributed by atoms with Gasteiger partial charge in [-0.05, 0) is 49.2 Å². The Bertz CT molecular complexity index is 637. The summed E-state index contributed by atoms with van der Waals surface area (Å²) in [6, 6.07) is 13.2. The van der Waals surface area contributed by atoms with Crippen molar-refractivity contribution in [1.82, 2.24) is 0 Å². The molecule has 2 rings (SSSR count). The van der Waals surface area contributed by atoms with E-state index < -0.39 is 5.91 Å². The number of carbonyl (C=O) groups excluding carboxylic acids is 1. The highest BCUT2D eigenvalue weighted by Crippen LogP contribution is 2.24. The summed E-state index contributed by atoms with van der Waals surface area (Å²) in [5, 5.41) is 3.32. The van der Waals surface area contributed by atoms with Gasteiger partial charge in [-0.3, -0.25) is 4.79 Å².